The molecule has 0 aliphatic heterocycles. The quantitative estimate of drug-likeness (QED) is 0.297. The fourth-order valence-electron chi connectivity index (χ4n) is 2.70. The summed E-state index contributed by atoms with van der Waals surface area (Å²) >= 11 is 0. The van der Waals surface area contributed by atoms with Gasteiger partial charge in [0.15, 0.2) is 23.3 Å². The van der Waals surface area contributed by atoms with Gasteiger partial charge in [-0.05, 0) is 0 Å². The topological polar surface area (TPSA) is 0 Å². The third kappa shape index (κ3) is 2.06. The summed E-state index contributed by atoms with van der Waals surface area (Å²) in [5.74, 6) is -29.0. The Bertz CT molecular complexity index is 763. The number of fused-ring (bicyclic) bond motifs is 1. The van der Waals surface area contributed by atoms with E-state index in [4.69, 9.17) is 0 Å². The monoisotopic (exact) mass is 448 g/mol. The number of hydrogen-bond acceptors (Lipinski definition) is 0. The summed E-state index contributed by atoms with van der Waals surface area (Å²) in [7, 11) is 0. The van der Waals surface area contributed by atoms with Crippen LogP contribution in [0, 0.1) is 23.3 Å². The Morgan fingerprint density at radius 3 is 0.821 bits per heavy atom. The molecule has 16 heteroatoms. The second-order valence-electron chi connectivity index (χ2n) is 5.47. The summed E-state index contributed by atoms with van der Waals surface area (Å²) in [6.07, 6.45) is -14.9. The maximum Gasteiger partial charge on any atom is 0.457 e. The average molecular weight is 448 g/mol. The van der Waals surface area contributed by atoms with Gasteiger partial charge in [0.05, 0.1) is 0 Å². The van der Waals surface area contributed by atoms with Gasteiger partial charge in [-0.3, -0.25) is 0 Å². The summed E-state index contributed by atoms with van der Waals surface area (Å²) in [4.78, 5) is 0. The standard InChI is InChI=1S/C12F16/c13-3-1-2(4(14)6(16)5(3)15)8(18,10(21,22)12(26,27)28)7(1,17)9(19,20)11(23,24)25. The van der Waals surface area contributed by atoms with Crippen LogP contribution < -0.4 is 0 Å². The summed E-state index contributed by atoms with van der Waals surface area (Å²) in [5, 5.41) is 0. The summed E-state index contributed by atoms with van der Waals surface area (Å²) < 4.78 is 210. The smallest absolute Gasteiger partial charge is 0.227 e. The SMILES string of the molecule is Fc1c(F)c(F)c2c(c1F)C(F)(C(F)(F)C(F)(F)F)C2(F)C(F)(F)C(F)(F)F. The zero-order valence-corrected chi connectivity index (χ0v) is 12.0. The molecule has 160 valence electrons. The normalized spacial score (nSPS) is 26.1. The van der Waals surface area contributed by atoms with Crippen molar-refractivity contribution in [2.24, 2.45) is 0 Å². The molecule has 0 saturated heterocycles. The predicted molar refractivity (Wildman–Crippen MR) is 53.8 cm³/mol. The van der Waals surface area contributed by atoms with E-state index in [1.54, 1.807) is 0 Å². The lowest BCUT2D eigenvalue weighted by Crippen LogP contribution is -2.75. The summed E-state index contributed by atoms with van der Waals surface area (Å²) in [6, 6.07) is 0. The van der Waals surface area contributed by atoms with Crippen LogP contribution in [0.5, 0.6) is 0 Å². The van der Waals surface area contributed by atoms with E-state index in [1.807, 2.05) is 0 Å². The van der Waals surface area contributed by atoms with Crippen molar-refractivity contribution in [3.63, 3.8) is 0 Å². The van der Waals surface area contributed by atoms with Crippen molar-refractivity contribution < 1.29 is 70.2 Å². The maximum atomic E-state index is 14.5. The third-order valence-corrected chi connectivity index (χ3v) is 4.01. The van der Waals surface area contributed by atoms with E-state index in [0.29, 0.717) is 0 Å². The Kier molecular flexibility index (Phi) is 4.29. The second-order valence-corrected chi connectivity index (χ2v) is 5.47. The zero-order valence-electron chi connectivity index (χ0n) is 12.0. The molecule has 0 N–H and O–H groups in total. The van der Waals surface area contributed by atoms with E-state index in [-0.39, 0.29) is 0 Å². The van der Waals surface area contributed by atoms with Crippen LogP contribution >= 0.6 is 0 Å². The van der Waals surface area contributed by atoms with Crippen molar-refractivity contribution in [1.29, 1.82) is 0 Å². The third-order valence-electron chi connectivity index (χ3n) is 4.01. The van der Waals surface area contributed by atoms with Crippen LogP contribution in [0.1, 0.15) is 11.1 Å². The molecule has 0 bridgehead atoms. The molecular formula is C12F16. The molecule has 1 aliphatic rings. The van der Waals surface area contributed by atoms with Gasteiger partial charge in [-0.25, -0.2) is 26.3 Å². The number of hydrogen-bond donors (Lipinski definition) is 0. The van der Waals surface area contributed by atoms with E-state index in [9.17, 15) is 70.2 Å². The van der Waals surface area contributed by atoms with Crippen LogP contribution in [0.15, 0.2) is 0 Å². The Morgan fingerprint density at radius 1 is 0.429 bits per heavy atom. The first-order chi connectivity index (χ1) is 12.1. The molecule has 1 aliphatic carbocycles. The van der Waals surface area contributed by atoms with Gasteiger partial charge >= 0.3 is 24.2 Å². The molecule has 0 heterocycles. The molecule has 28 heavy (non-hydrogen) atoms. The lowest BCUT2D eigenvalue weighted by Gasteiger charge is -2.54. The highest BCUT2D eigenvalue weighted by Crippen LogP contribution is 2.74. The fourth-order valence-corrected chi connectivity index (χ4v) is 2.70. The van der Waals surface area contributed by atoms with Crippen LogP contribution in [0.2, 0.25) is 0 Å². The highest BCUT2D eigenvalue weighted by Gasteiger charge is 2.95. The molecule has 2 unspecified atom stereocenters. The molecule has 1 aromatic carbocycles. The Balaban J connectivity index is 3.12. The number of benzene rings is 1. The average Bonchev–Trinajstić information content (AvgIpc) is 2.51. The molecule has 0 amide bonds. The molecule has 0 saturated carbocycles. The Morgan fingerprint density at radius 2 is 0.643 bits per heavy atom. The molecule has 2 atom stereocenters. The number of halogens is 16. The molecule has 0 spiro atoms. The fraction of sp³-hybridized carbons (Fsp3) is 0.500. The van der Waals surface area contributed by atoms with Crippen molar-refractivity contribution in [2.75, 3.05) is 0 Å². The first-order valence-electron chi connectivity index (χ1n) is 6.27. The predicted octanol–water partition coefficient (Wildman–Crippen LogP) is 5.98. The van der Waals surface area contributed by atoms with Crippen molar-refractivity contribution in [3.05, 3.63) is 34.4 Å². The largest absolute Gasteiger partial charge is 0.457 e. The van der Waals surface area contributed by atoms with E-state index in [2.05, 4.69) is 0 Å². The minimum atomic E-state index is -7.58. The summed E-state index contributed by atoms with van der Waals surface area (Å²) in [6.45, 7) is 0. The Hall–Kier alpha value is -1.90. The van der Waals surface area contributed by atoms with Crippen molar-refractivity contribution >= 4 is 0 Å². The molecule has 2 rings (SSSR count). The van der Waals surface area contributed by atoms with Gasteiger partial charge in [-0.1, -0.05) is 0 Å². The number of rotatable bonds is 2. The highest BCUT2D eigenvalue weighted by atomic mass is 19.4. The molecular weight excluding hydrogens is 448 g/mol. The number of alkyl halides is 12. The van der Waals surface area contributed by atoms with Crippen LogP contribution in [0.25, 0.3) is 0 Å². The lowest BCUT2D eigenvalue weighted by molar-refractivity contribution is -0.420. The van der Waals surface area contributed by atoms with Crippen molar-refractivity contribution in [1.82, 2.24) is 0 Å². The molecule has 0 fully saturated rings. The van der Waals surface area contributed by atoms with Gasteiger partial charge in [0.1, 0.15) is 0 Å². The maximum absolute atomic E-state index is 14.5. The van der Waals surface area contributed by atoms with Gasteiger partial charge in [-0.2, -0.15) is 43.9 Å². The first kappa shape index (κ1) is 22.4. The van der Waals surface area contributed by atoms with Gasteiger partial charge in [-0.15, -0.1) is 0 Å². The van der Waals surface area contributed by atoms with Crippen LogP contribution in [-0.4, -0.2) is 24.2 Å². The van der Waals surface area contributed by atoms with Crippen molar-refractivity contribution in [2.45, 2.75) is 35.5 Å². The first-order valence-corrected chi connectivity index (χ1v) is 6.27. The Labute approximate surface area is 141 Å². The summed E-state index contributed by atoms with van der Waals surface area (Å²) in [5.41, 5.74) is -21.0. The van der Waals surface area contributed by atoms with E-state index in [1.165, 1.54) is 0 Å². The zero-order chi connectivity index (χ0) is 22.5. The second kappa shape index (κ2) is 5.37. The van der Waals surface area contributed by atoms with Gasteiger partial charge in [0.25, 0.3) is 11.3 Å². The van der Waals surface area contributed by atoms with Crippen LogP contribution in [0.3, 0.4) is 0 Å². The minimum Gasteiger partial charge on any atom is -0.227 e. The van der Waals surface area contributed by atoms with Crippen molar-refractivity contribution in [3.8, 4) is 0 Å². The van der Waals surface area contributed by atoms with E-state index >= 15 is 0 Å². The molecule has 1 aromatic rings. The van der Waals surface area contributed by atoms with Gasteiger partial charge < -0.3 is 0 Å². The molecule has 0 radical (unpaired) electrons. The van der Waals surface area contributed by atoms with Crippen LogP contribution in [0.4, 0.5) is 70.2 Å². The van der Waals surface area contributed by atoms with E-state index in [0.717, 1.165) is 0 Å². The van der Waals surface area contributed by atoms with E-state index < -0.39 is 69.9 Å². The highest BCUT2D eigenvalue weighted by molar-refractivity contribution is 5.57. The van der Waals surface area contributed by atoms with Crippen LogP contribution in [-0.2, 0) is 11.3 Å². The van der Waals surface area contributed by atoms with Gasteiger partial charge in [0.2, 0.25) is 0 Å². The molecule has 0 nitrogen and oxygen atoms in total. The minimum absolute atomic E-state index is 3.35. The molecule has 0 aromatic heterocycles. The lowest BCUT2D eigenvalue weighted by atomic mass is 9.56. The van der Waals surface area contributed by atoms with Gasteiger partial charge in [0, 0.05) is 11.1 Å².